The van der Waals surface area contributed by atoms with Gasteiger partial charge in [0, 0.05) is 17.7 Å². The molecule has 0 saturated heterocycles. The van der Waals surface area contributed by atoms with Crippen LogP contribution in [0.25, 0.3) is 5.57 Å². The van der Waals surface area contributed by atoms with Gasteiger partial charge in [0.1, 0.15) is 11.5 Å². The minimum Gasteiger partial charge on any atom is -0.497 e. The molecule has 2 rings (SSSR count). The molecule has 88 valence electrons. The summed E-state index contributed by atoms with van der Waals surface area (Å²) >= 11 is 0. The van der Waals surface area contributed by atoms with E-state index in [9.17, 15) is 9.59 Å². The number of benzene rings is 1. The number of hydrogen-bond donors (Lipinski definition) is 1. The summed E-state index contributed by atoms with van der Waals surface area (Å²) in [6.07, 6.45) is 1.26. The van der Waals surface area contributed by atoms with Crippen LogP contribution in [0.5, 0.6) is 11.5 Å². The molecule has 0 saturated carbocycles. The predicted molar refractivity (Wildman–Crippen MR) is 60.7 cm³/mol. The van der Waals surface area contributed by atoms with Crippen LogP contribution < -0.4 is 14.8 Å². The monoisotopic (exact) mass is 233 g/mol. The Bertz CT molecular complexity index is 519. The molecular weight excluding hydrogens is 222 g/mol. The Hall–Kier alpha value is -2.30. The largest absolute Gasteiger partial charge is 0.497 e. The average molecular weight is 233 g/mol. The molecule has 1 aromatic carbocycles. The molecule has 0 radical (unpaired) electrons. The summed E-state index contributed by atoms with van der Waals surface area (Å²) in [6.45, 7) is 0. The van der Waals surface area contributed by atoms with E-state index in [1.165, 1.54) is 13.2 Å². The van der Waals surface area contributed by atoms with Gasteiger partial charge in [-0.1, -0.05) is 0 Å². The molecule has 1 N–H and O–H groups in total. The van der Waals surface area contributed by atoms with Crippen molar-refractivity contribution in [3.63, 3.8) is 0 Å². The molecular formula is C12H11NO4. The van der Waals surface area contributed by atoms with Crippen molar-refractivity contribution in [3.05, 3.63) is 29.8 Å². The van der Waals surface area contributed by atoms with E-state index < -0.39 is 11.8 Å². The molecule has 2 amide bonds. The maximum atomic E-state index is 11.5. The van der Waals surface area contributed by atoms with Gasteiger partial charge >= 0.3 is 0 Å². The zero-order valence-electron chi connectivity index (χ0n) is 9.44. The number of imide groups is 1. The molecule has 0 fully saturated rings. The molecule has 0 aliphatic carbocycles. The number of amides is 2. The third-order valence-electron chi connectivity index (χ3n) is 2.46. The second kappa shape index (κ2) is 4.29. The lowest BCUT2D eigenvalue weighted by Crippen LogP contribution is -2.21. The summed E-state index contributed by atoms with van der Waals surface area (Å²) in [6, 6.07) is 5.04. The standard InChI is InChI=1S/C12H11NO4/c1-16-7-3-4-8(10(5-7)17-2)9-6-11(14)13-12(9)15/h3-6H,1-2H3,(H,13,14,15). The molecule has 0 aromatic heterocycles. The molecule has 0 spiro atoms. The van der Waals surface area contributed by atoms with Crippen LogP contribution in [0.15, 0.2) is 24.3 Å². The van der Waals surface area contributed by atoms with Crippen LogP contribution in [0.2, 0.25) is 0 Å². The van der Waals surface area contributed by atoms with E-state index in [4.69, 9.17) is 9.47 Å². The van der Waals surface area contributed by atoms with Crippen LogP contribution in [-0.4, -0.2) is 26.0 Å². The molecule has 1 aliphatic heterocycles. The van der Waals surface area contributed by atoms with Gasteiger partial charge in [-0.15, -0.1) is 0 Å². The number of carbonyl (C=O) groups excluding carboxylic acids is 2. The van der Waals surface area contributed by atoms with Crippen molar-refractivity contribution in [2.75, 3.05) is 14.2 Å². The van der Waals surface area contributed by atoms with E-state index in [0.29, 0.717) is 22.6 Å². The first kappa shape index (κ1) is 11.2. The summed E-state index contributed by atoms with van der Waals surface area (Å²) in [4.78, 5) is 22.6. The highest BCUT2D eigenvalue weighted by Crippen LogP contribution is 2.31. The molecule has 1 aliphatic rings. The lowest BCUT2D eigenvalue weighted by Gasteiger charge is -2.09. The van der Waals surface area contributed by atoms with Gasteiger partial charge in [0.2, 0.25) is 0 Å². The van der Waals surface area contributed by atoms with Crippen LogP contribution in [0, 0.1) is 0 Å². The van der Waals surface area contributed by atoms with E-state index in [-0.39, 0.29) is 0 Å². The Labute approximate surface area is 98.0 Å². The van der Waals surface area contributed by atoms with Crippen LogP contribution in [-0.2, 0) is 9.59 Å². The fourth-order valence-corrected chi connectivity index (χ4v) is 1.63. The first-order chi connectivity index (χ1) is 8.15. The number of carbonyl (C=O) groups is 2. The number of methoxy groups -OCH3 is 2. The maximum absolute atomic E-state index is 11.5. The van der Waals surface area contributed by atoms with Gasteiger partial charge in [0.15, 0.2) is 0 Å². The first-order valence-electron chi connectivity index (χ1n) is 4.95. The highest BCUT2D eigenvalue weighted by atomic mass is 16.5. The third-order valence-corrected chi connectivity index (χ3v) is 2.46. The number of hydrogen-bond acceptors (Lipinski definition) is 4. The van der Waals surface area contributed by atoms with Gasteiger partial charge in [-0.05, 0) is 12.1 Å². The predicted octanol–water partition coefficient (Wildman–Crippen LogP) is 0.744. The van der Waals surface area contributed by atoms with E-state index in [0.717, 1.165) is 0 Å². The Kier molecular flexibility index (Phi) is 2.82. The zero-order valence-corrected chi connectivity index (χ0v) is 9.44. The zero-order chi connectivity index (χ0) is 12.4. The SMILES string of the molecule is COc1ccc(C2=CC(=O)NC2=O)c(OC)c1. The van der Waals surface area contributed by atoms with Gasteiger partial charge in [-0.3, -0.25) is 14.9 Å². The van der Waals surface area contributed by atoms with Crippen molar-refractivity contribution in [3.8, 4) is 11.5 Å². The summed E-state index contributed by atoms with van der Waals surface area (Å²) in [7, 11) is 3.03. The van der Waals surface area contributed by atoms with E-state index in [1.807, 2.05) is 0 Å². The topological polar surface area (TPSA) is 64.6 Å². The highest BCUT2D eigenvalue weighted by Gasteiger charge is 2.24. The second-order valence-corrected chi connectivity index (χ2v) is 3.44. The van der Waals surface area contributed by atoms with Gasteiger partial charge in [0.05, 0.1) is 19.8 Å². The molecule has 0 unspecified atom stereocenters. The van der Waals surface area contributed by atoms with E-state index in [2.05, 4.69) is 5.32 Å². The minimum absolute atomic E-state index is 0.300. The van der Waals surface area contributed by atoms with Crippen LogP contribution in [0.4, 0.5) is 0 Å². The van der Waals surface area contributed by atoms with Crippen molar-refractivity contribution in [1.82, 2.24) is 5.32 Å². The Balaban J connectivity index is 2.49. The smallest absolute Gasteiger partial charge is 0.259 e. The first-order valence-corrected chi connectivity index (χ1v) is 4.95. The minimum atomic E-state index is -0.418. The lowest BCUT2D eigenvalue weighted by molar-refractivity contribution is -0.123. The fraction of sp³-hybridized carbons (Fsp3) is 0.167. The third kappa shape index (κ3) is 1.99. The molecule has 1 aromatic rings. The normalized spacial score (nSPS) is 14.4. The van der Waals surface area contributed by atoms with E-state index >= 15 is 0 Å². The highest BCUT2D eigenvalue weighted by molar-refractivity contribution is 6.33. The van der Waals surface area contributed by atoms with Crippen molar-refractivity contribution in [1.29, 1.82) is 0 Å². The molecule has 17 heavy (non-hydrogen) atoms. The van der Waals surface area contributed by atoms with Gasteiger partial charge in [-0.25, -0.2) is 0 Å². The Morgan fingerprint density at radius 3 is 2.41 bits per heavy atom. The summed E-state index contributed by atoms with van der Waals surface area (Å²) < 4.78 is 10.2. The average Bonchev–Trinajstić information content (AvgIpc) is 2.67. The van der Waals surface area contributed by atoms with Crippen LogP contribution >= 0.6 is 0 Å². The molecule has 0 atom stereocenters. The van der Waals surface area contributed by atoms with Gasteiger partial charge in [0.25, 0.3) is 11.8 Å². The quantitative estimate of drug-likeness (QED) is 0.782. The van der Waals surface area contributed by atoms with Crippen LogP contribution in [0.3, 0.4) is 0 Å². The maximum Gasteiger partial charge on any atom is 0.259 e. The fourth-order valence-electron chi connectivity index (χ4n) is 1.63. The van der Waals surface area contributed by atoms with Gasteiger partial charge in [-0.2, -0.15) is 0 Å². The van der Waals surface area contributed by atoms with Crippen molar-refractivity contribution in [2.24, 2.45) is 0 Å². The molecule has 0 bridgehead atoms. The Morgan fingerprint density at radius 1 is 1.12 bits per heavy atom. The summed E-state index contributed by atoms with van der Waals surface area (Å²) in [5, 5.41) is 2.19. The van der Waals surface area contributed by atoms with Crippen molar-refractivity contribution < 1.29 is 19.1 Å². The Morgan fingerprint density at radius 2 is 1.88 bits per heavy atom. The van der Waals surface area contributed by atoms with Crippen molar-refractivity contribution in [2.45, 2.75) is 0 Å². The number of nitrogens with one attached hydrogen (secondary N) is 1. The summed E-state index contributed by atoms with van der Waals surface area (Å²) in [5.41, 5.74) is 0.867. The van der Waals surface area contributed by atoms with Crippen molar-refractivity contribution >= 4 is 17.4 Å². The summed E-state index contributed by atoms with van der Waals surface area (Å²) in [5.74, 6) is 0.276. The lowest BCUT2D eigenvalue weighted by atomic mass is 10.0. The van der Waals surface area contributed by atoms with E-state index in [1.54, 1.807) is 25.3 Å². The molecule has 1 heterocycles. The number of ether oxygens (including phenoxy) is 2. The molecule has 5 nitrogen and oxygen atoms in total. The number of rotatable bonds is 3. The molecule has 5 heteroatoms. The van der Waals surface area contributed by atoms with Crippen LogP contribution in [0.1, 0.15) is 5.56 Å². The second-order valence-electron chi connectivity index (χ2n) is 3.44. The van der Waals surface area contributed by atoms with Gasteiger partial charge < -0.3 is 9.47 Å².